The largest absolute Gasteiger partial charge is 0.468 e. The number of methoxy groups -OCH3 is 1. The number of esters is 1. The van der Waals surface area contributed by atoms with Gasteiger partial charge in [0, 0.05) is 6.54 Å². The molecule has 0 spiro atoms. The highest BCUT2D eigenvalue weighted by molar-refractivity contribution is 5.75. The van der Waals surface area contributed by atoms with E-state index in [4.69, 9.17) is 5.73 Å². The highest BCUT2D eigenvalue weighted by Gasteiger charge is 2.26. The maximum Gasteiger partial charge on any atom is 0.322 e. The van der Waals surface area contributed by atoms with Crippen LogP contribution in [-0.4, -0.2) is 43.7 Å². The third-order valence-corrected chi connectivity index (χ3v) is 3.00. The fourth-order valence-electron chi connectivity index (χ4n) is 2.23. The van der Waals surface area contributed by atoms with Crippen LogP contribution in [0.15, 0.2) is 0 Å². The van der Waals surface area contributed by atoms with Crippen LogP contribution >= 0.6 is 0 Å². The van der Waals surface area contributed by atoms with Crippen LogP contribution in [0.4, 0.5) is 0 Å². The Labute approximate surface area is 91.8 Å². The molecule has 4 nitrogen and oxygen atoms in total. The molecule has 0 aromatic heterocycles. The zero-order chi connectivity index (χ0) is 11.3. The predicted molar refractivity (Wildman–Crippen MR) is 59.4 cm³/mol. The average molecular weight is 214 g/mol. The van der Waals surface area contributed by atoms with Crippen molar-refractivity contribution in [3.8, 4) is 0 Å². The molecule has 0 aromatic carbocycles. The average Bonchev–Trinajstić information content (AvgIpc) is 2.65. The smallest absolute Gasteiger partial charge is 0.322 e. The summed E-state index contributed by atoms with van der Waals surface area (Å²) in [5, 5.41) is 0. The van der Waals surface area contributed by atoms with E-state index < -0.39 is 6.04 Å². The fraction of sp³-hybridized carbons (Fsp3) is 0.909. The molecular formula is C11H22N2O2. The zero-order valence-corrected chi connectivity index (χ0v) is 9.74. The van der Waals surface area contributed by atoms with Crippen molar-refractivity contribution in [3.05, 3.63) is 0 Å². The van der Waals surface area contributed by atoms with Gasteiger partial charge in [0.25, 0.3) is 0 Å². The molecule has 1 aliphatic heterocycles. The van der Waals surface area contributed by atoms with Crippen LogP contribution in [0.3, 0.4) is 0 Å². The molecule has 1 saturated heterocycles. The Morgan fingerprint density at radius 1 is 1.67 bits per heavy atom. The molecule has 1 rings (SSSR count). The first-order chi connectivity index (χ1) is 7.17. The van der Waals surface area contributed by atoms with Gasteiger partial charge in [0.15, 0.2) is 0 Å². The molecule has 0 aliphatic carbocycles. The first kappa shape index (κ1) is 12.5. The minimum Gasteiger partial charge on any atom is -0.468 e. The van der Waals surface area contributed by atoms with Gasteiger partial charge in [-0.05, 0) is 38.3 Å². The van der Waals surface area contributed by atoms with E-state index in [1.165, 1.54) is 13.5 Å². The zero-order valence-electron chi connectivity index (χ0n) is 9.74. The number of carbonyl (C=O) groups excluding carboxylic acids is 1. The second-order valence-electron chi connectivity index (χ2n) is 4.32. The number of nitrogens with two attached hydrogens (primary N) is 1. The van der Waals surface area contributed by atoms with Gasteiger partial charge in [0.05, 0.1) is 7.11 Å². The van der Waals surface area contributed by atoms with Crippen molar-refractivity contribution in [2.45, 2.75) is 32.2 Å². The van der Waals surface area contributed by atoms with Crippen LogP contribution in [0.2, 0.25) is 0 Å². The number of ether oxygens (including phenoxy) is 1. The summed E-state index contributed by atoms with van der Waals surface area (Å²) >= 11 is 0. The third-order valence-electron chi connectivity index (χ3n) is 3.00. The predicted octanol–water partition coefficient (Wildman–Crippen LogP) is 0.609. The molecule has 4 heteroatoms. The summed E-state index contributed by atoms with van der Waals surface area (Å²) in [6.07, 6.45) is 3.10. The van der Waals surface area contributed by atoms with Crippen molar-refractivity contribution >= 4 is 5.97 Å². The van der Waals surface area contributed by atoms with Gasteiger partial charge in [0.1, 0.15) is 6.04 Å². The molecule has 0 amide bonds. The molecule has 0 radical (unpaired) electrons. The Bertz CT molecular complexity index is 209. The summed E-state index contributed by atoms with van der Waals surface area (Å²) in [6.45, 7) is 5.57. The molecule has 2 N–H and O–H groups in total. The Balaban J connectivity index is 2.26. The normalized spacial score (nSPS) is 24.1. The van der Waals surface area contributed by atoms with Crippen LogP contribution in [0.5, 0.6) is 0 Å². The van der Waals surface area contributed by atoms with E-state index in [0.29, 0.717) is 5.92 Å². The van der Waals surface area contributed by atoms with E-state index >= 15 is 0 Å². The number of rotatable bonds is 5. The minimum absolute atomic E-state index is 0.288. The van der Waals surface area contributed by atoms with Crippen molar-refractivity contribution in [3.63, 3.8) is 0 Å². The van der Waals surface area contributed by atoms with E-state index in [1.54, 1.807) is 0 Å². The molecule has 0 aromatic rings. The van der Waals surface area contributed by atoms with Crippen LogP contribution in [-0.2, 0) is 9.53 Å². The second kappa shape index (κ2) is 6.08. The summed E-state index contributed by atoms with van der Waals surface area (Å²) in [5.74, 6) is 0.273. The molecular weight excluding hydrogens is 192 g/mol. The van der Waals surface area contributed by atoms with E-state index in [9.17, 15) is 4.79 Å². The maximum absolute atomic E-state index is 11.1. The standard InChI is InChI=1S/C11H22N2O2/c1-3-5-13-6-4-9(8-13)7-10(12)11(14)15-2/h9-10H,3-8,12H2,1-2H3. The van der Waals surface area contributed by atoms with E-state index in [2.05, 4.69) is 16.6 Å². The lowest BCUT2D eigenvalue weighted by Crippen LogP contribution is -2.34. The lowest BCUT2D eigenvalue weighted by molar-refractivity contribution is -0.142. The molecule has 0 saturated carbocycles. The molecule has 88 valence electrons. The van der Waals surface area contributed by atoms with Gasteiger partial charge >= 0.3 is 5.97 Å². The summed E-state index contributed by atoms with van der Waals surface area (Å²) in [4.78, 5) is 13.6. The van der Waals surface area contributed by atoms with E-state index in [0.717, 1.165) is 32.5 Å². The molecule has 1 fully saturated rings. The third kappa shape index (κ3) is 3.80. The van der Waals surface area contributed by atoms with Crippen molar-refractivity contribution in [2.75, 3.05) is 26.7 Å². The molecule has 0 bridgehead atoms. The molecule has 2 unspecified atom stereocenters. The Morgan fingerprint density at radius 2 is 2.40 bits per heavy atom. The number of nitrogens with zero attached hydrogens (tertiary/aromatic N) is 1. The molecule has 2 atom stereocenters. The second-order valence-corrected chi connectivity index (χ2v) is 4.32. The summed E-state index contributed by atoms with van der Waals surface area (Å²) < 4.78 is 4.62. The SMILES string of the molecule is CCCN1CCC(CC(N)C(=O)OC)C1. The van der Waals surface area contributed by atoms with Crippen molar-refractivity contribution < 1.29 is 9.53 Å². The summed E-state index contributed by atoms with van der Waals surface area (Å²) in [7, 11) is 1.39. The van der Waals surface area contributed by atoms with Crippen LogP contribution in [0, 0.1) is 5.92 Å². The van der Waals surface area contributed by atoms with Gasteiger partial charge in [-0.15, -0.1) is 0 Å². The van der Waals surface area contributed by atoms with Crippen LogP contribution in [0.25, 0.3) is 0 Å². The lowest BCUT2D eigenvalue weighted by atomic mass is 10.00. The summed E-state index contributed by atoms with van der Waals surface area (Å²) in [5.41, 5.74) is 5.73. The van der Waals surface area contributed by atoms with Crippen LogP contribution in [0.1, 0.15) is 26.2 Å². The topological polar surface area (TPSA) is 55.6 Å². The van der Waals surface area contributed by atoms with E-state index in [1.807, 2.05) is 0 Å². The number of hydrogen-bond donors (Lipinski definition) is 1. The first-order valence-corrected chi connectivity index (χ1v) is 5.73. The van der Waals surface area contributed by atoms with Crippen molar-refractivity contribution in [1.82, 2.24) is 4.90 Å². The number of likely N-dealkylation sites (tertiary alicyclic amines) is 1. The monoisotopic (exact) mass is 214 g/mol. The van der Waals surface area contributed by atoms with Gasteiger partial charge in [-0.2, -0.15) is 0 Å². The number of hydrogen-bond acceptors (Lipinski definition) is 4. The molecule has 1 aliphatic rings. The highest BCUT2D eigenvalue weighted by atomic mass is 16.5. The Kier molecular flexibility index (Phi) is 5.05. The first-order valence-electron chi connectivity index (χ1n) is 5.73. The van der Waals surface area contributed by atoms with Gasteiger partial charge < -0.3 is 15.4 Å². The van der Waals surface area contributed by atoms with Crippen molar-refractivity contribution in [1.29, 1.82) is 0 Å². The van der Waals surface area contributed by atoms with Crippen molar-refractivity contribution in [2.24, 2.45) is 11.7 Å². The van der Waals surface area contributed by atoms with Gasteiger partial charge in [-0.25, -0.2) is 0 Å². The van der Waals surface area contributed by atoms with Crippen LogP contribution < -0.4 is 5.73 Å². The number of carbonyl (C=O) groups is 1. The van der Waals surface area contributed by atoms with Gasteiger partial charge in [-0.3, -0.25) is 4.79 Å². The highest BCUT2D eigenvalue weighted by Crippen LogP contribution is 2.20. The fourth-order valence-corrected chi connectivity index (χ4v) is 2.23. The summed E-state index contributed by atoms with van der Waals surface area (Å²) in [6, 6.07) is -0.443. The Morgan fingerprint density at radius 3 is 3.00 bits per heavy atom. The lowest BCUT2D eigenvalue weighted by Gasteiger charge is -2.16. The van der Waals surface area contributed by atoms with E-state index in [-0.39, 0.29) is 5.97 Å². The maximum atomic E-state index is 11.1. The minimum atomic E-state index is -0.443. The van der Waals surface area contributed by atoms with Gasteiger partial charge in [0.2, 0.25) is 0 Å². The molecule has 15 heavy (non-hydrogen) atoms. The molecule has 1 heterocycles. The van der Waals surface area contributed by atoms with Gasteiger partial charge in [-0.1, -0.05) is 6.92 Å². The quantitative estimate of drug-likeness (QED) is 0.681. The Hall–Kier alpha value is -0.610.